The number of hydrogen-bond acceptors (Lipinski definition) is 6. The molecule has 0 aliphatic heterocycles. The van der Waals surface area contributed by atoms with Gasteiger partial charge in [-0.05, 0) is 67.4 Å². The highest BCUT2D eigenvalue weighted by Crippen LogP contribution is 1.94. The summed E-state index contributed by atoms with van der Waals surface area (Å²) >= 11 is 0. The van der Waals surface area contributed by atoms with Crippen molar-refractivity contribution in [3.8, 4) is 0 Å². The average molecular weight is 685 g/mol. The van der Waals surface area contributed by atoms with Crippen LogP contribution in [-0.2, 0) is 0 Å². The minimum absolute atomic E-state index is 1.14. The molecule has 6 heteroatoms. The van der Waals surface area contributed by atoms with Gasteiger partial charge < -0.3 is 0 Å². The van der Waals surface area contributed by atoms with Crippen molar-refractivity contribution < 1.29 is 0 Å². The fourth-order valence-electron chi connectivity index (χ4n) is 3.06. The minimum Gasteiger partial charge on any atom is -0.265 e. The highest BCUT2D eigenvalue weighted by Gasteiger charge is 1.73. The summed E-state index contributed by atoms with van der Waals surface area (Å²) in [5.41, 5.74) is 0. The molecule has 0 radical (unpaired) electrons. The first-order valence-electron chi connectivity index (χ1n) is 16.7. The Bertz CT molecular complexity index is 1150. The largest absolute Gasteiger partial charge is 0.265 e. The van der Waals surface area contributed by atoms with Crippen LogP contribution in [0.15, 0.2) is 269 Å². The van der Waals surface area contributed by atoms with Gasteiger partial charge in [0.15, 0.2) is 0 Å². The number of allylic oxidation sites excluding steroid dienone is 8. The molecule has 0 saturated carbocycles. The molecule has 0 saturated heterocycles. The maximum absolute atomic E-state index is 3.78. The first-order valence-corrected chi connectivity index (χ1v) is 16.7. The van der Waals surface area contributed by atoms with E-state index >= 15 is 0 Å². The zero-order valence-corrected chi connectivity index (χ0v) is 29.5. The van der Waals surface area contributed by atoms with E-state index in [0.29, 0.717) is 0 Å². The number of pyridine rings is 4. The van der Waals surface area contributed by atoms with Gasteiger partial charge in [-0.3, -0.25) is 19.9 Å². The van der Waals surface area contributed by atoms with Crippen LogP contribution in [0.4, 0.5) is 0 Å². The zero-order valence-electron chi connectivity index (χ0n) is 29.5. The van der Waals surface area contributed by atoms with E-state index in [0.717, 1.165) is 12.8 Å². The van der Waals surface area contributed by atoms with Gasteiger partial charge in [0.25, 0.3) is 0 Å². The summed E-state index contributed by atoms with van der Waals surface area (Å²) in [6, 6.07) is 48.6. The van der Waals surface area contributed by atoms with E-state index in [1.54, 1.807) is 68.0 Å². The first-order chi connectivity index (χ1) is 26.0. The van der Waals surface area contributed by atoms with Gasteiger partial charge in [-0.25, -0.2) is 9.97 Å². The third kappa shape index (κ3) is 37.5. The van der Waals surface area contributed by atoms with Crippen molar-refractivity contribution >= 4 is 0 Å². The Kier molecular flexibility index (Phi) is 33.4. The van der Waals surface area contributed by atoms with E-state index in [-0.39, 0.29) is 0 Å². The van der Waals surface area contributed by atoms with Crippen LogP contribution in [-0.4, -0.2) is 29.9 Å². The Hall–Kier alpha value is -6.92. The smallest absolute Gasteiger partial charge is 0.115 e. The maximum atomic E-state index is 3.78. The molecular weight excluding hydrogens is 637 g/mol. The van der Waals surface area contributed by atoms with Crippen LogP contribution in [0.25, 0.3) is 0 Å². The third-order valence-corrected chi connectivity index (χ3v) is 5.39. The topological polar surface area (TPSA) is 77.3 Å². The predicted molar refractivity (Wildman–Crippen MR) is 218 cm³/mol. The van der Waals surface area contributed by atoms with E-state index in [2.05, 4.69) is 78.5 Å². The van der Waals surface area contributed by atoms with E-state index in [1.807, 2.05) is 146 Å². The van der Waals surface area contributed by atoms with Crippen LogP contribution >= 0.6 is 0 Å². The van der Waals surface area contributed by atoms with Crippen LogP contribution in [0, 0.1) is 0 Å². The van der Waals surface area contributed by atoms with Crippen LogP contribution in [0.5, 0.6) is 0 Å². The van der Waals surface area contributed by atoms with Crippen molar-refractivity contribution in [3.63, 3.8) is 0 Å². The second kappa shape index (κ2) is 40.3. The lowest BCUT2D eigenvalue weighted by Crippen LogP contribution is -1.66. The van der Waals surface area contributed by atoms with E-state index in [9.17, 15) is 0 Å². The Balaban J connectivity index is 0.000000293. The van der Waals surface area contributed by atoms with Gasteiger partial charge in [0, 0.05) is 62.0 Å². The normalized spacial score (nSPS) is 9.85. The van der Waals surface area contributed by atoms with Gasteiger partial charge in [-0.1, -0.05) is 146 Å². The number of aromatic nitrogens is 6. The molecule has 0 atom stereocenters. The Morgan fingerprint density at radius 2 is 0.385 bits per heavy atom. The summed E-state index contributed by atoms with van der Waals surface area (Å²) in [6.45, 7) is 0. The molecule has 0 fully saturated rings. The van der Waals surface area contributed by atoms with Crippen molar-refractivity contribution in [2.75, 3.05) is 0 Å². The number of rotatable bonds is 0. The number of hydrogen-bond donors (Lipinski definition) is 0. The molecule has 7 aromatic rings. The van der Waals surface area contributed by atoms with Crippen LogP contribution in [0.1, 0.15) is 12.8 Å². The molecule has 0 amide bonds. The summed E-state index contributed by atoms with van der Waals surface area (Å²) in [7, 11) is 0. The molecular formula is C46H48N6. The Morgan fingerprint density at radius 1 is 0.192 bits per heavy atom. The lowest BCUT2D eigenvalue weighted by molar-refractivity contribution is 1.17. The molecule has 0 unspecified atom stereocenters. The average Bonchev–Trinajstić information content (AvgIpc) is 4.08. The molecule has 9 rings (SSSR count). The number of nitrogens with zero attached hydrogens (tertiary/aromatic N) is 6. The second-order valence-corrected chi connectivity index (χ2v) is 9.50. The standard InChI is InChI=1S/2C6H6.4C5H5N.2C5H6.C4H4N2/c6*1-2-4-6-5-3-1;2*1-2-4-5-3-1;1-2-5-4-6-3-1/h2*1-6H;4*1-5H;2*1-4H,5H2;1-4H. The maximum Gasteiger partial charge on any atom is 0.115 e. The van der Waals surface area contributed by atoms with Gasteiger partial charge in [0.05, 0.1) is 0 Å². The van der Waals surface area contributed by atoms with Crippen molar-refractivity contribution in [1.82, 2.24) is 29.9 Å². The van der Waals surface area contributed by atoms with Gasteiger partial charge in [-0.15, -0.1) is 0 Å². The van der Waals surface area contributed by atoms with Crippen molar-refractivity contribution in [3.05, 3.63) is 269 Å². The molecule has 6 nitrogen and oxygen atoms in total. The van der Waals surface area contributed by atoms with E-state index < -0.39 is 0 Å². The van der Waals surface area contributed by atoms with Crippen molar-refractivity contribution in [2.45, 2.75) is 12.8 Å². The quantitative estimate of drug-likeness (QED) is 0.158. The lowest BCUT2D eigenvalue weighted by atomic mass is 10.4. The summed E-state index contributed by atoms with van der Waals surface area (Å²) in [6.07, 6.45) is 37.9. The summed E-state index contributed by atoms with van der Waals surface area (Å²) in [4.78, 5) is 22.5. The SMILES string of the molecule is C1=CCC=C1.C1=CCC=C1.c1ccccc1.c1ccccc1.c1ccncc1.c1ccncc1.c1ccncc1.c1ccncc1.c1cncnc1. The van der Waals surface area contributed by atoms with E-state index in [4.69, 9.17) is 0 Å². The molecule has 52 heavy (non-hydrogen) atoms. The fourth-order valence-corrected chi connectivity index (χ4v) is 3.06. The molecule has 0 bridgehead atoms. The molecule has 262 valence electrons. The monoisotopic (exact) mass is 684 g/mol. The minimum atomic E-state index is 1.14. The predicted octanol–water partition coefficient (Wildman–Crippen LogP) is 11.2. The van der Waals surface area contributed by atoms with Gasteiger partial charge >= 0.3 is 0 Å². The van der Waals surface area contributed by atoms with Gasteiger partial charge in [-0.2, -0.15) is 0 Å². The third-order valence-electron chi connectivity index (χ3n) is 5.39. The van der Waals surface area contributed by atoms with Gasteiger partial charge in [0.2, 0.25) is 0 Å². The van der Waals surface area contributed by atoms with E-state index in [1.165, 1.54) is 6.33 Å². The molecule has 0 N–H and O–H groups in total. The van der Waals surface area contributed by atoms with Crippen molar-refractivity contribution in [2.24, 2.45) is 0 Å². The van der Waals surface area contributed by atoms with Gasteiger partial charge in [0.1, 0.15) is 6.33 Å². The Labute approximate surface area is 310 Å². The summed E-state index contributed by atoms with van der Waals surface area (Å²) in [5, 5.41) is 0. The molecule has 2 aromatic carbocycles. The first kappa shape index (κ1) is 43.1. The second-order valence-electron chi connectivity index (χ2n) is 9.50. The molecule has 2 aliphatic rings. The zero-order chi connectivity index (χ0) is 36.8. The molecule has 2 aliphatic carbocycles. The summed E-state index contributed by atoms with van der Waals surface area (Å²) in [5.74, 6) is 0. The molecule has 0 spiro atoms. The summed E-state index contributed by atoms with van der Waals surface area (Å²) < 4.78 is 0. The molecule has 5 aromatic heterocycles. The molecule has 5 heterocycles. The van der Waals surface area contributed by atoms with Crippen LogP contribution in [0.3, 0.4) is 0 Å². The fraction of sp³-hybridized carbons (Fsp3) is 0.0435. The highest BCUT2D eigenvalue weighted by atomic mass is 14.8. The van der Waals surface area contributed by atoms with Crippen LogP contribution < -0.4 is 0 Å². The van der Waals surface area contributed by atoms with Crippen LogP contribution in [0.2, 0.25) is 0 Å². The Morgan fingerprint density at radius 3 is 0.462 bits per heavy atom. The lowest BCUT2D eigenvalue weighted by Gasteiger charge is -1.70. The van der Waals surface area contributed by atoms with Crippen molar-refractivity contribution in [1.29, 1.82) is 0 Å². The highest BCUT2D eigenvalue weighted by molar-refractivity contribution is 5.12. The number of benzene rings is 2.